The van der Waals surface area contributed by atoms with Crippen LogP contribution in [0.3, 0.4) is 0 Å². The van der Waals surface area contributed by atoms with Gasteiger partial charge in [-0.2, -0.15) is 0 Å². The molecule has 0 aliphatic carbocycles. The van der Waals surface area contributed by atoms with Crippen LogP contribution in [0.1, 0.15) is 130 Å². The van der Waals surface area contributed by atoms with Crippen molar-refractivity contribution in [1.29, 1.82) is 0 Å². The topological polar surface area (TPSA) is 115 Å². The number of aliphatic carboxylic acids is 2. The van der Waals surface area contributed by atoms with Crippen molar-refractivity contribution in [3.63, 3.8) is 0 Å². The van der Waals surface area contributed by atoms with Crippen molar-refractivity contribution in [3.8, 4) is 0 Å². The van der Waals surface area contributed by atoms with E-state index < -0.39 is 11.9 Å². The first kappa shape index (κ1) is 40.9. The maximum absolute atomic E-state index is 10.0. The number of hydrogen-bond acceptors (Lipinski definition) is 4. The molecule has 0 aliphatic rings. The molecule has 0 atom stereocenters. The van der Waals surface area contributed by atoms with Crippen molar-refractivity contribution in [2.24, 2.45) is 0 Å². The number of carboxylic acid groups (broad SMARTS) is 2. The molecule has 6 nitrogen and oxygen atoms in total. The third-order valence-corrected chi connectivity index (χ3v) is 4.01. The molecule has 0 bridgehead atoms. The molecule has 0 rings (SSSR count). The zero-order valence-electron chi connectivity index (χ0n) is 20.8. The summed E-state index contributed by atoms with van der Waals surface area (Å²) < 4.78 is 0. The molecule has 7 heteroatoms. The maximum Gasteiger partial charge on any atom is 0.303 e. The van der Waals surface area contributed by atoms with E-state index in [2.05, 4.69) is 27.7 Å². The number of aliphatic hydroxyl groups excluding tert-OH is 2. The molecule has 0 saturated heterocycles. The van der Waals surface area contributed by atoms with Crippen LogP contribution in [-0.2, 0) is 31.3 Å². The fourth-order valence-electron chi connectivity index (χ4n) is 2.08. The zero-order valence-corrected chi connectivity index (χ0v) is 22.4. The van der Waals surface area contributed by atoms with Crippen molar-refractivity contribution in [1.82, 2.24) is 0 Å². The molecule has 0 aromatic rings. The SMILES string of the molecule is CCCCCCCC(=O)O.CCCCCCCC(=O)O.CCCCO.CCCCO.[Ti]. The first-order valence-electron chi connectivity index (χ1n) is 12.0. The minimum absolute atomic E-state index is 0. The van der Waals surface area contributed by atoms with Crippen molar-refractivity contribution in [2.45, 2.75) is 130 Å². The van der Waals surface area contributed by atoms with Crippen LogP contribution in [-0.4, -0.2) is 45.6 Å². The normalized spacial score (nSPS) is 8.97. The Morgan fingerprint density at radius 3 is 0.903 bits per heavy atom. The Labute approximate surface area is 207 Å². The van der Waals surface area contributed by atoms with Crippen LogP contribution in [0.4, 0.5) is 0 Å². The van der Waals surface area contributed by atoms with Crippen molar-refractivity contribution >= 4 is 11.9 Å². The quantitative estimate of drug-likeness (QED) is 0.148. The van der Waals surface area contributed by atoms with Gasteiger partial charge in [0, 0.05) is 47.8 Å². The zero-order chi connectivity index (χ0) is 23.9. The molecule has 0 aromatic heterocycles. The van der Waals surface area contributed by atoms with Gasteiger partial charge >= 0.3 is 11.9 Å². The first-order valence-corrected chi connectivity index (χ1v) is 12.0. The predicted octanol–water partition coefficient (Wildman–Crippen LogP) is 6.42. The summed E-state index contributed by atoms with van der Waals surface area (Å²) in [5, 5.41) is 32.7. The second kappa shape index (κ2) is 43.4. The van der Waals surface area contributed by atoms with Gasteiger partial charge in [0.15, 0.2) is 0 Å². The van der Waals surface area contributed by atoms with Gasteiger partial charge in [-0.25, -0.2) is 0 Å². The van der Waals surface area contributed by atoms with E-state index >= 15 is 0 Å². The smallest absolute Gasteiger partial charge is 0.303 e. The molecule has 0 aromatic carbocycles. The van der Waals surface area contributed by atoms with E-state index in [4.69, 9.17) is 20.4 Å². The molecule has 0 heterocycles. The number of aliphatic hydroxyl groups is 2. The molecule has 0 saturated carbocycles. The van der Waals surface area contributed by atoms with E-state index in [0.717, 1.165) is 51.4 Å². The van der Waals surface area contributed by atoms with Gasteiger partial charge in [-0.15, -0.1) is 0 Å². The summed E-state index contributed by atoms with van der Waals surface area (Å²) in [5.41, 5.74) is 0. The number of unbranched alkanes of at least 4 members (excludes halogenated alkanes) is 10. The number of hydrogen-bond donors (Lipinski definition) is 4. The summed E-state index contributed by atoms with van der Waals surface area (Å²) >= 11 is 0. The van der Waals surface area contributed by atoms with E-state index in [1.165, 1.54) is 38.5 Å². The van der Waals surface area contributed by atoms with Crippen LogP contribution >= 0.6 is 0 Å². The Bertz CT molecular complexity index is 280. The summed E-state index contributed by atoms with van der Waals surface area (Å²) in [7, 11) is 0. The van der Waals surface area contributed by atoms with E-state index in [-0.39, 0.29) is 21.7 Å². The van der Waals surface area contributed by atoms with E-state index in [1.54, 1.807) is 0 Å². The second-order valence-corrected chi connectivity index (χ2v) is 7.27. The van der Waals surface area contributed by atoms with Crippen LogP contribution in [0.25, 0.3) is 0 Å². The van der Waals surface area contributed by atoms with Gasteiger partial charge in [0.1, 0.15) is 0 Å². The molecule has 0 fully saturated rings. The van der Waals surface area contributed by atoms with Gasteiger partial charge in [0.05, 0.1) is 0 Å². The monoisotopic (exact) mass is 484 g/mol. The third-order valence-electron chi connectivity index (χ3n) is 4.01. The average molecular weight is 485 g/mol. The van der Waals surface area contributed by atoms with Gasteiger partial charge in [0.2, 0.25) is 0 Å². The van der Waals surface area contributed by atoms with Crippen LogP contribution in [0, 0.1) is 0 Å². The molecule has 0 amide bonds. The summed E-state index contributed by atoms with van der Waals surface area (Å²) in [6.07, 6.45) is 15.8. The Kier molecular flexibility index (Phi) is 57.3. The van der Waals surface area contributed by atoms with Crippen LogP contribution in [0.5, 0.6) is 0 Å². The van der Waals surface area contributed by atoms with E-state index in [1.807, 2.05) is 0 Å². The second-order valence-electron chi connectivity index (χ2n) is 7.27. The molecule has 4 N–H and O–H groups in total. The Hall–Kier alpha value is -0.426. The fraction of sp³-hybridized carbons (Fsp3) is 0.917. The molecule has 0 spiro atoms. The fourth-order valence-corrected chi connectivity index (χ4v) is 2.08. The third kappa shape index (κ3) is 72.8. The Morgan fingerprint density at radius 2 is 0.742 bits per heavy atom. The molecular weight excluding hydrogens is 432 g/mol. The Balaban J connectivity index is -0.000000101. The van der Waals surface area contributed by atoms with Gasteiger partial charge in [-0.05, 0) is 25.7 Å². The van der Waals surface area contributed by atoms with Gasteiger partial charge in [-0.1, -0.05) is 91.9 Å². The Morgan fingerprint density at radius 1 is 0.484 bits per heavy atom. The standard InChI is InChI=1S/2C8H16O2.2C4H10O.Ti/c2*1-2-3-4-5-6-7-8(9)10;2*1-2-3-4-5;/h2*2-7H2,1H3,(H,9,10);2*5H,2-4H2,1H3;. The number of rotatable bonds is 16. The molecule has 0 aliphatic heterocycles. The largest absolute Gasteiger partial charge is 0.481 e. The summed E-state index contributed by atoms with van der Waals surface area (Å²) in [5.74, 6) is -1.34. The van der Waals surface area contributed by atoms with Gasteiger partial charge in [-0.3, -0.25) is 9.59 Å². The minimum Gasteiger partial charge on any atom is -0.481 e. The summed E-state index contributed by atoms with van der Waals surface area (Å²) in [6.45, 7) is 9.09. The molecule has 188 valence electrons. The van der Waals surface area contributed by atoms with Crippen molar-refractivity contribution in [2.75, 3.05) is 13.2 Å². The molecule has 31 heavy (non-hydrogen) atoms. The van der Waals surface area contributed by atoms with Crippen LogP contribution in [0.15, 0.2) is 0 Å². The maximum atomic E-state index is 10.0. The molecule has 0 radical (unpaired) electrons. The predicted molar refractivity (Wildman–Crippen MR) is 126 cm³/mol. The van der Waals surface area contributed by atoms with Crippen LogP contribution in [0.2, 0.25) is 0 Å². The molecule has 0 unspecified atom stereocenters. The van der Waals surface area contributed by atoms with E-state index in [0.29, 0.717) is 26.1 Å². The number of carboxylic acids is 2. The van der Waals surface area contributed by atoms with E-state index in [9.17, 15) is 9.59 Å². The summed E-state index contributed by atoms with van der Waals surface area (Å²) in [6, 6.07) is 0. The average Bonchev–Trinajstić information content (AvgIpc) is 2.70. The van der Waals surface area contributed by atoms with Gasteiger partial charge in [0.25, 0.3) is 0 Å². The van der Waals surface area contributed by atoms with Crippen LogP contribution < -0.4 is 0 Å². The van der Waals surface area contributed by atoms with Crippen molar-refractivity contribution < 1.29 is 51.7 Å². The summed E-state index contributed by atoms with van der Waals surface area (Å²) in [4.78, 5) is 20.1. The first-order chi connectivity index (χ1) is 14.4. The number of carbonyl (C=O) groups is 2. The molecular formula is C24H52O6Ti. The minimum atomic E-state index is -0.670. The van der Waals surface area contributed by atoms with Crippen molar-refractivity contribution in [3.05, 3.63) is 0 Å². The van der Waals surface area contributed by atoms with Gasteiger partial charge < -0.3 is 20.4 Å².